The molecule has 0 radical (unpaired) electrons. The van der Waals surface area contributed by atoms with E-state index >= 15 is 0 Å². The summed E-state index contributed by atoms with van der Waals surface area (Å²) in [6.07, 6.45) is -0.389. The second kappa shape index (κ2) is 11.3. The predicted molar refractivity (Wildman–Crippen MR) is 162 cm³/mol. The molecule has 0 spiro atoms. The number of anilines is 3. The number of nitriles is 1. The Kier molecular flexibility index (Phi) is 7.57. The molecule has 1 N–H and O–H groups in total. The van der Waals surface area contributed by atoms with E-state index in [0.717, 1.165) is 54.2 Å². The second-order valence-electron chi connectivity index (χ2n) is 10.9. The highest BCUT2D eigenvalue weighted by Crippen LogP contribution is 2.40. The number of rotatable bonds is 7. The zero-order valence-electron chi connectivity index (χ0n) is 23.9. The van der Waals surface area contributed by atoms with Crippen LogP contribution in [0, 0.1) is 24.1 Å². The fourth-order valence-electron chi connectivity index (χ4n) is 5.86. The molecular weight excluding hydrogens is 555 g/mol. The molecule has 0 atom stereocenters. The Morgan fingerprint density at radius 2 is 1.98 bits per heavy atom. The van der Waals surface area contributed by atoms with E-state index in [-0.39, 0.29) is 17.8 Å². The van der Waals surface area contributed by atoms with Gasteiger partial charge in [-0.25, -0.2) is 14.1 Å². The number of carbonyl (C=O) groups is 1. The van der Waals surface area contributed by atoms with Gasteiger partial charge < -0.3 is 19.8 Å². The first kappa shape index (κ1) is 28.1. The summed E-state index contributed by atoms with van der Waals surface area (Å²) in [6, 6.07) is 11.1. The highest BCUT2D eigenvalue weighted by atomic mass is 32.1. The van der Waals surface area contributed by atoms with Gasteiger partial charge in [0.15, 0.2) is 0 Å². The number of β-amino-alcohol motifs (C(OH)–C–C–N with tert-alkyl or cyclic N) is 1. The summed E-state index contributed by atoms with van der Waals surface area (Å²) in [5, 5.41) is 25.0. The Balaban J connectivity index is 1.31. The quantitative estimate of drug-likeness (QED) is 0.349. The number of halogens is 1. The third-order valence-corrected chi connectivity index (χ3v) is 8.90. The minimum Gasteiger partial charge on any atom is -0.389 e. The van der Waals surface area contributed by atoms with Crippen molar-refractivity contribution in [3.63, 3.8) is 0 Å². The molecule has 2 saturated heterocycles. The van der Waals surface area contributed by atoms with Crippen LogP contribution in [0.25, 0.3) is 22.2 Å². The van der Waals surface area contributed by atoms with Crippen LogP contribution < -0.4 is 9.80 Å². The van der Waals surface area contributed by atoms with Crippen LogP contribution in [0.2, 0.25) is 0 Å². The van der Waals surface area contributed by atoms with E-state index in [1.807, 2.05) is 23.6 Å². The highest BCUT2D eigenvalue weighted by molar-refractivity contribution is 7.10. The van der Waals surface area contributed by atoms with Gasteiger partial charge in [-0.15, -0.1) is 11.3 Å². The zero-order valence-corrected chi connectivity index (χ0v) is 24.7. The molecule has 0 aliphatic carbocycles. The maximum atomic E-state index is 14.7. The van der Waals surface area contributed by atoms with Crippen molar-refractivity contribution in [3.8, 4) is 17.3 Å². The van der Waals surface area contributed by atoms with Crippen LogP contribution in [-0.2, 0) is 11.3 Å². The van der Waals surface area contributed by atoms with E-state index in [4.69, 9.17) is 5.10 Å². The van der Waals surface area contributed by atoms with E-state index in [0.29, 0.717) is 48.0 Å². The summed E-state index contributed by atoms with van der Waals surface area (Å²) in [4.78, 5) is 25.5. The number of hydrogen-bond acceptors (Lipinski definition) is 9. The van der Waals surface area contributed by atoms with Crippen molar-refractivity contribution < 1.29 is 14.3 Å². The lowest BCUT2D eigenvalue weighted by Gasteiger charge is -2.39. The van der Waals surface area contributed by atoms with Crippen molar-refractivity contribution in [3.05, 3.63) is 52.1 Å². The summed E-state index contributed by atoms with van der Waals surface area (Å²) in [7, 11) is 1.90. The van der Waals surface area contributed by atoms with Crippen molar-refractivity contribution in [1.82, 2.24) is 24.6 Å². The Labute approximate surface area is 247 Å². The Hall–Kier alpha value is -4.05. The average molecular weight is 589 g/mol. The smallest absolute Gasteiger partial charge is 0.236 e. The van der Waals surface area contributed by atoms with Crippen LogP contribution in [0.5, 0.6) is 0 Å². The molecule has 0 bridgehead atoms. The van der Waals surface area contributed by atoms with E-state index in [2.05, 4.69) is 39.9 Å². The minimum absolute atomic E-state index is 0.0712. The van der Waals surface area contributed by atoms with Gasteiger partial charge in [-0.05, 0) is 49.7 Å². The largest absolute Gasteiger partial charge is 0.389 e. The normalized spacial score (nSPS) is 16.1. The van der Waals surface area contributed by atoms with Gasteiger partial charge >= 0.3 is 0 Å². The standard InChI is InChI=1S/C30H33FN8O2S/c1-4-39-30(35(3)25-12-20(31)5-6-23(25)29-26(14-32)42-18-33-29)24-13-21(11-19(2)28(24)34-39)37-9-7-36(8-10-37)17-27(41)38-15-22(40)16-38/h5-6,11-13,18,22,40H,4,7-10,15-17H2,1-3H3. The molecule has 2 aliphatic rings. The third kappa shape index (κ3) is 5.08. The molecule has 0 unspecified atom stereocenters. The first-order chi connectivity index (χ1) is 20.3. The first-order valence-corrected chi connectivity index (χ1v) is 15.0. The van der Waals surface area contributed by atoms with Crippen LogP contribution in [0.4, 0.5) is 21.6 Å². The molecule has 1 amide bonds. The predicted octanol–water partition coefficient (Wildman–Crippen LogP) is 3.59. The topological polar surface area (TPSA) is 105 Å². The Morgan fingerprint density at radius 3 is 2.67 bits per heavy atom. The molecule has 4 heterocycles. The van der Waals surface area contributed by atoms with Crippen LogP contribution in [0.3, 0.4) is 0 Å². The molecule has 10 nitrogen and oxygen atoms in total. The molecule has 2 aliphatic heterocycles. The second-order valence-corrected chi connectivity index (χ2v) is 11.7. The zero-order chi connectivity index (χ0) is 29.5. The Morgan fingerprint density at radius 1 is 1.21 bits per heavy atom. The van der Waals surface area contributed by atoms with E-state index in [1.165, 1.54) is 23.5 Å². The van der Waals surface area contributed by atoms with Crippen LogP contribution in [0.15, 0.2) is 35.8 Å². The van der Waals surface area contributed by atoms with Gasteiger partial charge in [0.2, 0.25) is 5.91 Å². The summed E-state index contributed by atoms with van der Waals surface area (Å²) in [5.41, 5.74) is 6.46. The molecule has 2 fully saturated rings. The number of hydrogen-bond donors (Lipinski definition) is 1. The summed E-state index contributed by atoms with van der Waals surface area (Å²) < 4.78 is 16.6. The third-order valence-electron chi connectivity index (χ3n) is 8.17. The number of carbonyl (C=O) groups excluding carboxylic acids is 1. The molecule has 4 aromatic rings. The van der Waals surface area contributed by atoms with Crippen LogP contribution in [-0.4, -0.2) is 94.5 Å². The summed E-state index contributed by atoms with van der Waals surface area (Å²) >= 11 is 1.26. The van der Waals surface area contributed by atoms with Crippen molar-refractivity contribution in [2.45, 2.75) is 26.5 Å². The number of aromatic nitrogens is 3. The fourth-order valence-corrected chi connectivity index (χ4v) is 6.45. The number of likely N-dealkylation sites (tertiary alicyclic amines) is 1. The Bertz CT molecular complexity index is 1680. The number of amides is 1. The number of aryl methyl sites for hydroxylation is 2. The molecule has 42 heavy (non-hydrogen) atoms. The maximum Gasteiger partial charge on any atom is 0.236 e. The molecule has 6 rings (SSSR count). The number of benzene rings is 2. The SMILES string of the molecule is CCn1nc2c(C)cc(N3CCN(CC(=O)N4CC(O)C4)CC3)cc2c1N(C)c1cc(F)ccc1-c1ncsc1C#N. The van der Waals surface area contributed by atoms with Gasteiger partial charge in [-0.2, -0.15) is 10.4 Å². The van der Waals surface area contributed by atoms with Gasteiger partial charge in [0.25, 0.3) is 0 Å². The highest BCUT2D eigenvalue weighted by Gasteiger charge is 2.31. The maximum absolute atomic E-state index is 14.7. The molecule has 2 aromatic carbocycles. The molecule has 2 aromatic heterocycles. The minimum atomic E-state index is -0.389. The summed E-state index contributed by atoms with van der Waals surface area (Å²) in [6.45, 7) is 9.03. The number of piperazine rings is 1. The van der Waals surface area contributed by atoms with Gasteiger partial charge in [0.05, 0.1) is 29.4 Å². The van der Waals surface area contributed by atoms with Gasteiger partial charge in [-0.3, -0.25) is 9.69 Å². The van der Waals surface area contributed by atoms with Crippen LogP contribution >= 0.6 is 11.3 Å². The van der Waals surface area contributed by atoms with Crippen molar-refractivity contribution >= 4 is 45.3 Å². The molecular formula is C30H33FN8O2S. The lowest BCUT2D eigenvalue weighted by atomic mass is 10.1. The molecule has 12 heteroatoms. The van der Waals surface area contributed by atoms with Crippen molar-refractivity contribution in [2.24, 2.45) is 0 Å². The van der Waals surface area contributed by atoms with E-state index in [9.17, 15) is 19.6 Å². The average Bonchev–Trinajstić information content (AvgIpc) is 3.60. The van der Waals surface area contributed by atoms with E-state index in [1.54, 1.807) is 16.5 Å². The van der Waals surface area contributed by atoms with Gasteiger partial charge in [-0.1, -0.05) is 0 Å². The summed E-state index contributed by atoms with van der Waals surface area (Å²) in [5.74, 6) is 0.528. The number of thiazole rings is 1. The van der Waals surface area contributed by atoms with Crippen LogP contribution in [0.1, 0.15) is 17.4 Å². The molecule has 218 valence electrons. The van der Waals surface area contributed by atoms with Gasteiger partial charge in [0.1, 0.15) is 28.3 Å². The van der Waals surface area contributed by atoms with Gasteiger partial charge in [0, 0.05) is 69.5 Å². The lowest BCUT2D eigenvalue weighted by Crippen LogP contribution is -2.57. The molecule has 0 saturated carbocycles. The number of aliphatic hydroxyl groups is 1. The lowest BCUT2D eigenvalue weighted by molar-refractivity contribution is -0.142. The fraction of sp³-hybridized carbons (Fsp3) is 0.400. The first-order valence-electron chi connectivity index (χ1n) is 14.1. The van der Waals surface area contributed by atoms with E-state index < -0.39 is 0 Å². The number of nitrogens with zero attached hydrogens (tertiary/aromatic N) is 8. The van der Waals surface area contributed by atoms with Crippen molar-refractivity contribution in [2.75, 3.05) is 62.7 Å². The number of aliphatic hydroxyl groups excluding tert-OH is 1. The number of fused-ring (bicyclic) bond motifs is 1. The monoisotopic (exact) mass is 588 g/mol. The van der Waals surface area contributed by atoms with Crippen molar-refractivity contribution in [1.29, 1.82) is 5.26 Å².